The van der Waals surface area contributed by atoms with Crippen LogP contribution in [0.25, 0.3) is 0 Å². The predicted octanol–water partition coefficient (Wildman–Crippen LogP) is 1.22. The normalized spacial score (nSPS) is 20.6. The predicted molar refractivity (Wildman–Crippen MR) is 75.0 cm³/mol. The smallest absolute Gasteiger partial charge is 0.312 e. The molecule has 0 unspecified atom stereocenters. The lowest BCUT2D eigenvalue weighted by molar-refractivity contribution is -0.148. The van der Waals surface area contributed by atoms with Gasteiger partial charge >= 0.3 is 12.0 Å². The Morgan fingerprint density at radius 3 is 2.50 bits per heavy atom. The molecule has 6 heteroatoms. The molecule has 0 saturated heterocycles. The van der Waals surface area contributed by atoms with E-state index in [2.05, 4.69) is 10.6 Å². The molecule has 0 heterocycles. The van der Waals surface area contributed by atoms with Gasteiger partial charge in [-0.25, -0.2) is 4.79 Å². The molecule has 4 N–H and O–H groups in total. The fraction of sp³-hybridized carbons (Fsp3) is 0.429. The average Bonchev–Trinajstić information content (AvgIpc) is 2.40. The number of urea groups is 1. The number of ether oxygens (including phenoxy) is 1. The number of anilines is 1. The second-order valence-electron chi connectivity index (χ2n) is 4.95. The number of amides is 2. The highest BCUT2D eigenvalue weighted by molar-refractivity contribution is 5.74. The molecule has 1 aromatic rings. The van der Waals surface area contributed by atoms with E-state index in [4.69, 9.17) is 10.5 Å². The summed E-state index contributed by atoms with van der Waals surface area (Å²) in [5.74, 6) is -0.104. The van der Waals surface area contributed by atoms with Gasteiger partial charge in [-0.1, -0.05) is 12.1 Å². The quantitative estimate of drug-likeness (QED) is 0.705. The first-order chi connectivity index (χ1) is 9.58. The largest absolute Gasteiger partial charge is 0.469 e. The molecule has 0 aliphatic heterocycles. The summed E-state index contributed by atoms with van der Waals surface area (Å²) in [6.07, 6.45) is 1.61. The maximum absolute atomic E-state index is 11.3. The summed E-state index contributed by atoms with van der Waals surface area (Å²) in [6, 6.07) is 7.53. The van der Waals surface area contributed by atoms with Gasteiger partial charge in [0.2, 0.25) is 0 Å². The van der Waals surface area contributed by atoms with Crippen molar-refractivity contribution in [3.63, 3.8) is 0 Å². The van der Waals surface area contributed by atoms with E-state index in [1.54, 1.807) is 0 Å². The van der Waals surface area contributed by atoms with Crippen molar-refractivity contribution >= 4 is 17.7 Å². The van der Waals surface area contributed by atoms with E-state index >= 15 is 0 Å². The van der Waals surface area contributed by atoms with Gasteiger partial charge < -0.3 is 21.1 Å². The number of hydrogen-bond donors (Lipinski definition) is 3. The van der Waals surface area contributed by atoms with E-state index in [0.29, 0.717) is 12.6 Å². The number of rotatable bonds is 5. The fourth-order valence-electron chi connectivity index (χ4n) is 2.24. The summed E-state index contributed by atoms with van der Waals surface area (Å²) < 4.78 is 4.70. The number of methoxy groups -OCH3 is 1. The minimum Gasteiger partial charge on any atom is -0.469 e. The summed E-state index contributed by atoms with van der Waals surface area (Å²) in [4.78, 5) is 21.9. The lowest BCUT2D eigenvalue weighted by Crippen LogP contribution is -2.40. The molecule has 2 rings (SSSR count). The van der Waals surface area contributed by atoms with Crippen LogP contribution in [0.5, 0.6) is 0 Å². The zero-order valence-corrected chi connectivity index (χ0v) is 11.4. The second-order valence-corrected chi connectivity index (χ2v) is 4.95. The third-order valence-electron chi connectivity index (χ3n) is 3.46. The molecule has 0 radical (unpaired) electrons. The van der Waals surface area contributed by atoms with Gasteiger partial charge in [-0.2, -0.15) is 0 Å². The molecule has 108 valence electrons. The van der Waals surface area contributed by atoms with Crippen LogP contribution >= 0.6 is 0 Å². The zero-order valence-electron chi connectivity index (χ0n) is 11.4. The minimum atomic E-state index is -0.532. The van der Waals surface area contributed by atoms with Crippen LogP contribution in [0.3, 0.4) is 0 Å². The summed E-state index contributed by atoms with van der Waals surface area (Å²) >= 11 is 0. The van der Waals surface area contributed by atoms with E-state index in [9.17, 15) is 9.59 Å². The van der Waals surface area contributed by atoms with E-state index in [1.165, 1.54) is 7.11 Å². The van der Waals surface area contributed by atoms with Crippen molar-refractivity contribution in [3.8, 4) is 0 Å². The first-order valence-electron chi connectivity index (χ1n) is 6.55. The number of nitrogens with two attached hydrogens (primary N) is 1. The van der Waals surface area contributed by atoms with Gasteiger partial charge in [0, 0.05) is 18.3 Å². The molecule has 2 amide bonds. The number of benzene rings is 1. The molecular formula is C14H19N3O3. The molecule has 6 nitrogen and oxygen atoms in total. The lowest BCUT2D eigenvalue weighted by atomic mass is 9.80. The Bertz CT molecular complexity index is 481. The third-order valence-corrected chi connectivity index (χ3v) is 3.46. The number of carbonyl (C=O) groups excluding carboxylic acids is 2. The standard InChI is InChI=1S/C14H19N3O3/c1-20-13(18)10-6-12(7-10)17-11-4-2-9(3-5-11)8-16-14(15)19/h2-5,10,12,17H,6-8H2,1H3,(H3,15,16,19). The van der Waals surface area contributed by atoms with Gasteiger partial charge in [-0.3, -0.25) is 4.79 Å². The number of carbonyl (C=O) groups is 2. The van der Waals surface area contributed by atoms with Gasteiger partial charge in [-0.15, -0.1) is 0 Å². The Labute approximate surface area is 117 Å². The van der Waals surface area contributed by atoms with Crippen LogP contribution in [-0.4, -0.2) is 25.2 Å². The molecule has 0 aromatic heterocycles. The van der Waals surface area contributed by atoms with Crippen molar-refractivity contribution in [2.45, 2.75) is 25.4 Å². The van der Waals surface area contributed by atoms with E-state index in [-0.39, 0.29) is 11.9 Å². The van der Waals surface area contributed by atoms with Crippen LogP contribution in [-0.2, 0) is 16.1 Å². The van der Waals surface area contributed by atoms with Crippen molar-refractivity contribution in [2.75, 3.05) is 12.4 Å². The maximum Gasteiger partial charge on any atom is 0.312 e. The number of hydrogen-bond acceptors (Lipinski definition) is 4. The molecule has 1 aliphatic carbocycles. The monoisotopic (exact) mass is 277 g/mol. The number of nitrogens with one attached hydrogen (secondary N) is 2. The number of esters is 1. The SMILES string of the molecule is COC(=O)C1CC(Nc2ccc(CNC(N)=O)cc2)C1. The van der Waals surface area contributed by atoms with E-state index < -0.39 is 6.03 Å². The summed E-state index contributed by atoms with van der Waals surface area (Å²) in [5, 5.41) is 5.90. The minimum absolute atomic E-state index is 0.0246. The van der Waals surface area contributed by atoms with Crippen LogP contribution < -0.4 is 16.4 Å². The zero-order chi connectivity index (χ0) is 14.5. The van der Waals surface area contributed by atoms with Crippen LogP contribution in [0.2, 0.25) is 0 Å². The Morgan fingerprint density at radius 1 is 1.30 bits per heavy atom. The van der Waals surface area contributed by atoms with Crippen molar-refractivity contribution in [3.05, 3.63) is 29.8 Å². The van der Waals surface area contributed by atoms with Crippen molar-refractivity contribution in [1.29, 1.82) is 0 Å². The van der Waals surface area contributed by atoms with Crippen molar-refractivity contribution in [2.24, 2.45) is 11.7 Å². The second kappa shape index (κ2) is 6.27. The van der Waals surface area contributed by atoms with Gasteiger partial charge in [0.05, 0.1) is 13.0 Å². The fourth-order valence-corrected chi connectivity index (χ4v) is 2.24. The van der Waals surface area contributed by atoms with Gasteiger partial charge in [-0.05, 0) is 30.5 Å². The number of primary amides is 1. The lowest BCUT2D eigenvalue weighted by Gasteiger charge is -2.34. The van der Waals surface area contributed by atoms with E-state index in [0.717, 1.165) is 24.1 Å². The topological polar surface area (TPSA) is 93.4 Å². The Morgan fingerprint density at radius 2 is 1.95 bits per heavy atom. The van der Waals surface area contributed by atoms with Crippen LogP contribution in [0.4, 0.5) is 10.5 Å². The average molecular weight is 277 g/mol. The Hall–Kier alpha value is -2.24. The van der Waals surface area contributed by atoms with Crippen molar-refractivity contribution < 1.29 is 14.3 Å². The van der Waals surface area contributed by atoms with Gasteiger partial charge in [0.25, 0.3) is 0 Å². The van der Waals surface area contributed by atoms with E-state index in [1.807, 2.05) is 24.3 Å². The van der Waals surface area contributed by atoms with Gasteiger partial charge in [0.1, 0.15) is 0 Å². The summed E-state index contributed by atoms with van der Waals surface area (Å²) in [5.41, 5.74) is 6.99. The Balaban J connectivity index is 1.77. The Kier molecular flexibility index (Phi) is 4.45. The van der Waals surface area contributed by atoms with Crippen molar-refractivity contribution in [1.82, 2.24) is 5.32 Å². The highest BCUT2D eigenvalue weighted by atomic mass is 16.5. The highest BCUT2D eigenvalue weighted by Crippen LogP contribution is 2.31. The molecule has 0 bridgehead atoms. The van der Waals surface area contributed by atoms with Crippen LogP contribution in [0.1, 0.15) is 18.4 Å². The highest BCUT2D eigenvalue weighted by Gasteiger charge is 2.35. The van der Waals surface area contributed by atoms with Crippen LogP contribution in [0.15, 0.2) is 24.3 Å². The molecule has 20 heavy (non-hydrogen) atoms. The summed E-state index contributed by atoms with van der Waals surface area (Å²) in [7, 11) is 1.42. The third kappa shape index (κ3) is 3.63. The van der Waals surface area contributed by atoms with Crippen LogP contribution in [0, 0.1) is 5.92 Å². The molecule has 0 atom stereocenters. The molecule has 1 fully saturated rings. The first-order valence-corrected chi connectivity index (χ1v) is 6.55. The maximum atomic E-state index is 11.3. The van der Waals surface area contributed by atoms with Gasteiger partial charge in [0.15, 0.2) is 0 Å². The molecule has 0 spiro atoms. The molecule has 1 saturated carbocycles. The first kappa shape index (κ1) is 14.2. The molecule has 1 aromatic carbocycles. The summed E-state index contributed by atoms with van der Waals surface area (Å²) in [6.45, 7) is 0.420. The molecular weight excluding hydrogens is 258 g/mol. The molecule has 1 aliphatic rings.